The third-order valence-electron chi connectivity index (χ3n) is 3.42. The number of carbonyl (C=O) groups excluding carboxylic acids is 2. The van der Waals surface area contributed by atoms with Gasteiger partial charge in [-0.3, -0.25) is 9.69 Å². The number of Topliss-reactive ketones (excluding diaryl/α,β-unsaturated/α-hetero) is 1. The second-order valence-electron chi connectivity index (χ2n) is 5.10. The van der Waals surface area contributed by atoms with Crippen molar-refractivity contribution in [3.63, 3.8) is 0 Å². The van der Waals surface area contributed by atoms with Crippen LogP contribution < -0.4 is 9.47 Å². The van der Waals surface area contributed by atoms with Gasteiger partial charge in [-0.25, -0.2) is 4.79 Å². The number of ketones is 1. The largest absolute Gasteiger partial charge is 0.493 e. The molecule has 1 aromatic carbocycles. The van der Waals surface area contributed by atoms with Crippen LogP contribution in [0.2, 0.25) is 0 Å². The van der Waals surface area contributed by atoms with Gasteiger partial charge in [-0.15, -0.1) is 0 Å². The van der Waals surface area contributed by atoms with Crippen LogP contribution in [0.3, 0.4) is 0 Å². The van der Waals surface area contributed by atoms with Crippen molar-refractivity contribution in [2.24, 2.45) is 0 Å². The van der Waals surface area contributed by atoms with E-state index in [4.69, 9.17) is 14.2 Å². The molecular weight excluding hydrogens is 286 g/mol. The van der Waals surface area contributed by atoms with E-state index < -0.39 is 0 Å². The first-order chi connectivity index (χ1) is 10.6. The molecule has 6 heteroatoms. The first-order valence-corrected chi connectivity index (χ1v) is 7.32. The van der Waals surface area contributed by atoms with Gasteiger partial charge < -0.3 is 14.2 Å². The summed E-state index contributed by atoms with van der Waals surface area (Å²) in [4.78, 5) is 24.8. The smallest absolute Gasteiger partial charge is 0.412 e. The van der Waals surface area contributed by atoms with Crippen LogP contribution in [-0.4, -0.2) is 43.3 Å². The summed E-state index contributed by atoms with van der Waals surface area (Å²) in [5, 5.41) is 0. The van der Waals surface area contributed by atoms with Crippen molar-refractivity contribution in [3.8, 4) is 11.5 Å². The Morgan fingerprint density at radius 2 is 2.00 bits per heavy atom. The lowest BCUT2D eigenvalue weighted by Gasteiger charge is -2.22. The van der Waals surface area contributed by atoms with Gasteiger partial charge in [0.1, 0.15) is 0 Å². The van der Waals surface area contributed by atoms with Crippen molar-refractivity contribution < 1.29 is 23.8 Å². The Balaban J connectivity index is 2.06. The monoisotopic (exact) mass is 307 g/mol. The van der Waals surface area contributed by atoms with Crippen molar-refractivity contribution in [2.45, 2.75) is 32.7 Å². The van der Waals surface area contributed by atoms with Crippen LogP contribution in [0.15, 0.2) is 18.2 Å². The van der Waals surface area contributed by atoms with Crippen LogP contribution in [-0.2, 0) is 4.74 Å². The van der Waals surface area contributed by atoms with E-state index in [0.29, 0.717) is 23.7 Å². The summed E-state index contributed by atoms with van der Waals surface area (Å²) in [7, 11) is 1.51. The molecule has 0 aliphatic heterocycles. The molecule has 0 spiro atoms. The average molecular weight is 307 g/mol. The van der Waals surface area contributed by atoms with Gasteiger partial charge in [0.25, 0.3) is 0 Å². The highest BCUT2D eigenvalue weighted by Gasteiger charge is 2.34. The Hall–Kier alpha value is -2.24. The molecular formula is C16H21NO5. The Morgan fingerprint density at radius 1 is 1.27 bits per heavy atom. The molecule has 0 saturated heterocycles. The van der Waals surface area contributed by atoms with Crippen LogP contribution in [0.4, 0.5) is 4.79 Å². The van der Waals surface area contributed by atoms with Gasteiger partial charge in [-0.05, 0) is 44.9 Å². The number of carbonyl (C=O) groups is 2. The lowest BCUT2D eigenvalue weighted by atomic mass is 10.1. The zero-order valence-corrected chi connectivity index (χ0v) is 13.1. The van der Waals surface area contributed by atoms with E-state index in [2.05, 4.69) is 0 Å². The maximum absolute atomic E-state index is 11.9. The highest BCUT2D eigenvalue weighted by atomic mass is 16.6. The van der Waals surface area contributed by atoms with Crippen LogP contribution >= 0.6 is 0 Å². The quantitative estimate of drug-likeness (QED) is 0.572. The normalized spacial score (nSPS) is 13.4. The molecule has 0 bridgehead atoms. The first-order valence-electron chi connectivity index (χ1n) is 7.32. The number of hydrogen-bond donors (Lipinski definition) is 0. The van der Waals surface area contributed by atoms with Gasteiger partial charge in [0.15, 0.2) is 24.0 Å². The molecule has 0 radical (unpaired) electrons. The standard InChI is InChI=1S/C16H21NO5/c1-4-21-16(19)17(13-6-7-13)10-22-14-8-5-12(11(2)18)9-15(14)20-3/h5,8-9,13H,4,6-7,10H2,1-3H3. The summed E-state index contributed by atoms with van der Waals surface area (Å²) >= 11 is 0. The van der Waals surface area contributed by atoms with Crippen LogP contribution in [0, 0.1) is 0 Å². The molecule has 0 unspecified atom stereocenters. The molecule has 1 aromatic rings. The Kier molecular flexibility index (Phi) is 5.25. The fourth-order valence-corrected chi connectivity index (χ4v) is 2.04. The van der Waals surface area contributed by atoms with Crippen molar-refractivity contribution >= 4 is 11.9 Å². The highest BCUT2D eigenvalue weighted by molar-refractivity contribution is 5.94. The van der Waals surface area contributed by atoms with E-state index in [0.717, 1.165) is 12.8 Å². The van der Waals surface area contributed by atoms with Gasteiger partial charge >= 0.3 is 6.09 Å². The predicted octanol–water partition coefficient (Wildman–Crippen LogP) is 2.86. The van der Waals surface area contributed by atoms with Crippen molar-refractivity contribution in [1.82, 2.24) is 4.90 Å². The third kappa shape index (κ3) is 3.90. The molecule has 1 amide bonds. The maximum Gasteiger partial charge on any atom is 0.412 e. The SMILES string of the molecule is CCOC(=O)N(COc1ccc(C(C)=O)cc1OC)C1CC1. The van der Waals surface area contributed by atoms with E-state index >= 15 is 0 Å². The molecule has 1 aliphatic carbocycles. The summed E-state index contributed by atoms with van der Waals surface area (Å²) < 4.78 is 16.0. The molecule has 120 valence electrons. The van der Waals surface area contributed by atoms with Crippen LogP contribution in [0.1, 0.15) is 37.0 Å². The zero-order chi connectivity index (χ0) is 16.1. The summed E-state index contributed by atoms with van der Waals surface area (Å²) in [5.74, 6) is 0.908. The summed E-state index contributed by atoms with van der Waals surface area (Å²) in [5.41, 5.74) is 0.550. The molecule has 1 fully saturated rings. The van der Waals surface area contributed by atoms with Crippen molar-refractivity contribution in [3.05, 3.63) is 23.8 Å². The van der Waals surface area contributed by atoms with Gasteiger partial charge in [-0.1, -0.05) is 0 Å². The Labute approximate surface area is 129 Å². The molecule has 0 atom stereocenters. The average Bonchev–Trinajstić information content (AvgIpc) is 3.32. The van der Waals surface area contributed by atoms with Crippen LogP contribution in [0.5, 0.6) is 11.5 Å². The number of nitrogens with zero attached hydrogens (tertiary/aromatic N) is 1. The first kappa shape index (κ1) is 16.1. The second-order valence-corrected chi connectivity index (χ2v) is 5.10. The lowest BCUT2D eigenvalue weighted by Crippen LogP contribution is -2.36. The second kappa shape index (κ2) is 7.15. The molecule has 6 nitrogen and oxygen atoms in total. The minimum atomic E-state index is -0.371. The Bertz CT molecular complexity index is 553. The molecule has 2 rings (SSSR count). The van der Waals surface area contributed by atoms with Gasteiger partial charge in [-0.2, -0.15) is 0 Å². The fraction of sp³-hybridized carbons (Fsp3) is 0.500. The summed E-state index contributed by atoms with van der Waals surface area (Å²) in [6, 6.07) is 5.16. The number of hydrogen-bond acceptors (Lipinski definition) is 5. The Morgan fingerprint density at radius 3 is 2.55 bits per heavy atom. The zero-order valence-electron chi connectivity index (χ0n) is 13.1. The predicted molar refractivity (Wildman–Crippen MR) is 80.4 cm³/mol. The number of benzene rings is 1. The molecule has 0 N–H and O–H groups in total. The molecule has 0 aromatic heterocycles. The number of rotatable bonds is 7. The number of methoxy groups -OCH3 is 1. The van der Waals surface area contributed by atoms with Gasteiger partial charge in [0.05, 0.1) is 13.7 Å². The van der Waals surface area contributed by atoms with E-state index in [1.807, 2.05) is 0 Å². The molecule has 0 heterocycles. The minimum Gasteiger partial charge on any atom is -0.493 e. The van der Waals surface area contributed by atoms with Gasteiger partial charge in [0.2, 0.25) is 0 Å². The molecule has 22 heavy (non-hydrogen) atoms. The topological polar surface area (TPSA) is 65.1 Å². The maximum atomic E-state index is 11.9. The van der Waals surface area contributed by atoms with E-state index in [1.165, 1.54) is 14.0 Å². The molecule has 1 aliphatic rings. The van der Waals surface area contributed by atoms with E-state index in [1.54, 1.807) is 30.0 Å². The fourth-order valence-electron chi connectivity index (χ4n) is 2.04. The van der Waals surface area contributed by atoms with Crippen molar-refractivity contribution in [2.75, 3.05) is 20.4 Å². The van der Waals surface area contributed by atoms with E-state index in [9.17, 15) is 9.59 Å². The summed E-state index contributed by atoms with van der Waals surface area (Å²) in [6.45, 7) is 3.69. The van der Waals surface area contributed by atoms with E-state index in [-0.39, 0.29) is 24.6 Å². The van der Waals surface area contributed by atoms with Crippen molar-refractivity contribution in [1.29, 1.82) is 0 Å². The van der Waals surface area contributed by atoms with Gasteiger partial charge in [0, 0.05) is 11.6 Å². The molecule has 1 saturated carbocycles. The summed E-state index contributed by atoms with van der Waals surface area (Å²) in [6.07, 6.45) is 1.55. The number of ether oxygens (including phenoxy) is 3. The third-order valence-corrected chi connectivity index (χ3v) is 3.42. The number of amides is 1. The minimum absolute atomic E-state index is 0.0454. The lowest BCUT2D eigenvalue weighted by molar-refractivity contribution is 0.0682. The van der Waals surface area contributed by atoms with Crippen LogP contribution in [0.25, 0.3) is 0 Å². The highest BCUT2D eigenvalue weighted by Crippen LogP contribution is 2.31.